The first-order valence-corrected chi connectivity index (χ1v) is 6.66. The van der Waals surface area contributed by atoms with Gasteiger partial charge in [-0.3, -0.25) is 0 Å². The van der Waals surface area contributed by atoms with Crippen molar-refractivity contribution in [2.24, 2.45) is 11.7 Å². The van der Waals surface area contributed by atoms with E-state index in [4.69, 9.17) is 11.5 Å². The van der Waals surface area contributed by atoms with Crippen LogP contribution in [0.3, 0.4) is 0 Å². The van der Waals surface area contributed by atoms with E-state index in [1.165, 1.54) is 17.7 Å². The molecule has 18 heavy (non-hydrogen) atoms. The first-order chi connectivity index (χ1) is 8.69. The van der Waals surface area contributed by atoms with Crippen LogP contribution >= 0.6 is 0 Å². The van der Waals surface area contributed by atoms with Crippen molar-refractivity contribution in [1.82, 2.24) is 4.90 Å². The highest BCUT2D eigenvalue weighted by atomic mass is 15.2. The van der Waals surface area contributed by atoms with Crippen molar-refractivity contribution >= 4 is 5.69 Å². The summed E-state index contributed by atoms with van der Waals surface area (Å²) in [5.41, 5.74) is 14.8. The molecule has 0 spiro atoms. The molecule has 1 aliphatic heterocycles. The first kappa shape index (κ1) is 13.0. The summed E-state index contributed by atoms with van der Waals surface area (Å²) < 4.78 is 0. The van der Waals surface area contributed by atoms with Crippen molar-refractivity contribution in [3.63, 3.8) is 0 Å². The number of nitrogens with zero attached hydrogens (tertiary/aromatic N) is 1. The summed E-state index contributed by atoms with van der Waals surface area (Å²) >= 11 is 0. The Balaban J connectivity index is 1.88. The van der Waals surface area contributed by atoms with E-state index in [2.05, 4.69) is 23.6 Å². The second-order valence-corrected chi connectivity index (χ2v) is 5.15. The maximum absolute atomic E-state index is 5.81. The Bertz CT molecular complexity index is 414. The molecule has 0 radical (unpaired) electrons. The summed E-state index contributed by atoms with van der Waals surface area (Å²) in [6.45, 7) is 7.02. The average molecular weight is 245 g/mol. The number of rotatable bonds is 5. The Morgan fingerprint density at radius 2 is 2.28 bits per heavy atom. The molecule has 98 valence electrons. The zero-order valence-electron chi connectivity index (χ0n) is 10.9. The molecule has 1 unspecified atom stereocenters. The molecular formula is C15H23N3. The maximum Gasteiger partial charge on any atom is 0.0316 e. The number of nitrogen functional groups attached to an aromatic ring is 1. The molecule has 0 amide bonds. The van der Waals surface area contributed by atoms with Crippen LogP contribution in [0.5, 0.6) is 0 Å². The van der Waals surface area contributed by atoms with E-state index in [0.717, 1.165) is 31.6 Å². The Labute approximate surface area is 109 Å². The van der Waals surface area contributed by atoms with Crippen molar-refractivity contribution in [3.05, 3.63) is 42.1 Å². The van der Waals surface area contributed by atoms with Crippen LogP contribution in [0.25, 0.3) is 0 Å². The van der Waals surface area contributed by atoms with Crippen LogP contribution in [0.4, 0.5) is 5.69 Å². The second-order valence-electron chi connectivity index (χ2n) is 5.15. The molecule has 0 aliphatic carbocycles. The Hall–Kier alpha value is -1.48. The number of benzene rings is 1. The van der Waals surface area contributed by atoms with Gasteiger partial charge in [0.1, 0.15) is 0 Å². The minimum atomic E-state index is 0.690. The summed E-state index contributed by atoms with van der Waals surface area (Å²) in [4.78, 5) is 2.38. The third-order valence-electron chi connectivity index (χ3n) is 3.64. The third-order valence-corrected chi connectivity index (χ3v) is 3.64. The summed E-state index contributed by atoms with van der Waals surface area (Å²) in [6, 6.07) is 8.21. The molecule has 3 heteroatoms. The van der Waals surface area contributed by atoms with E-state index in [1.807, 2.05) is 12.1 Å². The molecule has 1 aromatic carbocycles. The largest absolute Gasteiger partial charge is 0.399 e. The van der Waals surface area contributed by atoms with Gasteiger partial charge in [-0.1, -0.05) is 18.7 Å². The highest BCUT2D eigenvalue weighted by molar-refractivity contribution is 5.40. The predicted octanol–water partition coefficient (Wildman–Crippen LogP) is 2.00. The van der Waals surface area contributed by atoms with E-state index in [1.54, 1.807) is 0 Å². The van der Waals surface area contributed by atoms with Crippen molar-refractivity contribution in [2.45, 2.75) is 19.3 Å². The normalized spacial score (nSPS) is 19.2. The molecule has 2 rings (SSSR count). The Kier molecular flexibility index (Phi) is 4.26. The molecule has 1 fully saturated rings. The summed E-state index contributed by atoms with van der Waals surface area (Å²) in [6.07, 6.45) is 3.25. The van der Waals surface area contributed by atoms with Gasteiger partial charge >= 0.3 is 0 Å². The van der Waals surface area contributed by atoms with Crippen molar-refractivity contribution in [1.29, 1.82) is 0 Å². The molecule has 1 saturated heterocycles. The van der Waals surface area contributed by atoms with E-state index < -0.39 is 0 Å². The quantitative estimate of drug-likeness (QED) is 0.780. The lowest BCUT2D eigenvalue weighted by molar-refractivity contribution is 0.391. The summed E-state index contributed by atoms with van der Waals surface area (Å²) in [5, 5.41) is 0. The fraction of sp³-hybridized carbons (Fsp3) is 0.467. The van der Waals surface area contributed by atoms with Gasteiger partial charge in [0.25, 0.3) is 0 Å². The van der Waals surface area contributed by atoms with E-state index in [0.29, 0.717) is 12.5 Å². The van der Waals surface area contributed by atoms with E-state index >= 15 is 0 Å². The van der Waals surface area contributed by atoms with Crippen LogP contribution in [-0.4, -0.2) is 24.5 Å². The molecule has 1 aromatic rings. The van der Waals surface area contributed by atoms with Gasteiger partial charge in [-0.05, 0) is 49.4 Å². The van der Waals surface area contributed by atoms with Gasteiger partial charge in [-0.25, -0.2) is 0 Å². The minimum Gasteiger partial charge on any atom is -0.399 e. The van der Waals surface area contributed by atoms with Crippen LogP contribution in [0.2, 0.25) is 0 Å². The molecule has 4 N–H and O–H groups in total. The van der Waals surface area contributed by atoms with Gasteiger partial charge in [-0.2, -0.15) is 0 Å². The Morgan fingerprint density at radius 1 is 1.44 bits per heavy atom. The molecule has 0 saturated carbocycles. The number of likely N-dealkylation sites (tertiary alicyclic amines) is 1. The van der Waals surface area contributed by atoms with Crippen LogP contribution in [0, 0.1) is 5.92 Å². The van der Waals surface area contributed by atoms with Crippen LogP contribution in [0.15, 0.2) is 36.5 Å². The molecule has 0 aromatic heterocycles. The number of hydrogen-bond donors (Lipinski definition) is 2. The summed E-state index contributed by atoms with van der Waals surface area (Å²) in [5.74, 6) is 0.710. The lowest BCUT2D eigenvalue weighted by Gasteiger charge is -2.20. The second kappa shape index (κ2) is 5.91. The molecule has 1 atom stereocenters. The van der Waals surface area contributed by atoms with Crippen LogP contribution in [-0.2, 0) is 6.42 Å². The average Bonchev–Trinajstić information content (AvgIpc) is 2.78. The van der Waals surface area contributed by atoms with Crippen molar-refractivity contribution in [3.8, 4) is 0 Å². The topological polar surface area (TPSA) is 55.3 Å². The molecule has 1 heterocycles. The minimum absolute atomic E-state index is 0.690. The van der Waals surface area contributed by atoms with Crippen molar-refractivity contribution in [2.75, 3.05) is 25.4 Å². The Morgan fingerprint density at radius 3 is 3.00 bits per heavy atom. The molecule has 3 nitrogen and oxygen atoms in total. The number of anilines is 1. The van der Waals surface area contributed by atoms with Gasteiger partial charge in [0.05, 0.1) is 0 Å². The first-order valence-electron chi connectivity index (χ1n) is 6.66. The van der Waals surface area contributed by atoms with Gasteiger partial charge in [0, 0.05) is 24.5 Å². The van der Waals surface area contributed by atoms with E-state index in [-0.39, 0.29) is 0 Å². The van der Waals surface area contributed by atoms with Crippen molar-refractivity contribution < 1.29 is 0 Å². The lowest BCUT2D eigenvalue weighted by Crippen LogP contribution is -2.21. The zero-order valence-corrected chi connectivity index (χ0v) is 10.9. The van der Waals surface area contributed by atoms with Gasteiger partial charge in [0.2, 0.25) is 0 Å². The lowest BCUT2D eigenvalue weighted by atomic mass is 9.98. The smallest absolute Gasteiger partial charge is 0.0316 e. The highest BCUT2D eigenvalue weighted by Crippen LogP contribution is 2.24. The fourth-order valence-electron chi connectivity index (χ4n) is 2.66. The predicted molar refractivity (Wildman–Crippen MR) is 77.0 cm³/mol. The monoisotopic (exact) mass is 245 g/mol. The zero-order chi connectivity index (χ0) is 13.0. The summed E-state index contributed by atoms with van der Waals surface area (Å²) in [7, 11) is 0. The fourth-order valence-corrected chi connectivity index (χ4v) is 2.66. The highest BCUT2D eigenvalue weighted by Gasteiger charge is 2.23. The standard InChI is InChI=1S/C15H23N3/c1-12(5-7-16)18-8-6-14(11-18)9-13-3-2-4-15(17)10-13/h2-4,10,14H,1,5-9,11,16-17H2. The van der Waals surface area contributed by atoms with Gasteiger partial charge in [-0.15, -0.1) is 0 Å². The van der Waals surface area contributed by atoms with Gasteiger partial charge in [0.15, 0.2) is 0 Å². The van der Waals surface area contributed by atoms with Gasteiger partial charge < -0.3 is 16.4 Å². The van der Waals surface area contributed by atoms with Crippen LogP contribution < -0.4 is 11.5 Å². The van der Waals surface area contributed by atoms with E-state index in [9.17, 15) is 0 Å². The molecule has 1 aliphatic rings. The SMILES string of the molecule is C=C(CCN)N1CCC(Cc2cccc(N)c2)C1. The number of hydrogen-bond acceptors (Lipinski definition) is 3. The maximum atomic E-state index is 5.81. The third kappa shape index (κ3) is 3.26. The number of nitrogens with two attached hydrogens (primary N) is 2. The molecular weight excluding hydrogens is 222 g/mol. The van der Waals surface area contributed by atoms with Crippen LogP contribution in [0.1, 0.15) is 18.4 Å². The molecule has 0 bridgehead atoms.